The van der Waals surface area contributed by atoms with Crippen LogP contribution in [0.5, 0.6) is 0 Å². The molecule has 2 heterocycles. The number of rotatable bonds is 8. The van der Waals surface area contributed by atoms with Crippen LogP contribution in [0, 0.1) is 11.6 Å². The first kappa shape index (κ1) is 27.5. The Labute approximate surface area is 232 Å². The van der Waals surface area contributed by atoms with Gasteiger partial charge in [0.25, 0.3) is 0 Å². The molecule has 40 heavy (non-hydrogen) atoms. The second-order valence-electron chi connectivity index (χ2n) is 10.1. The average Bonchev–Trinajstić information content (AvgIpc) is 3.36. The largest absolute Gasteiger partial charge is 0.465 e. The van der Waals surface area contributed by atoms with E-state index in [0.717, 1.165) is 37.6 Å². The van der Waals surface area contributed by atoms with Crippen molar-refractivity contribution in [1.82, 2.24) is 14.0 Å². The van der Waals surface area contributed by atoms with Gasteiger partial charge in [-0.25, -0.2) is 18.4 Å². The molecule has 0 radical (unpaired) electrons. The van der Waals surface area contributed by atoms with E-state index in [9.17, 15) is 18.4 Å². The van der Waals surface area contributed by atoms with Crippen LogP contribution in [0.15, 0.2) is 90.0 Å². The maximum Gasteiger partial charge on any atom is 0.333 e. The molecule has 6 nitrogen and oxygen atoms in total. The fourth-order valence-electron chi connectivity index (χ4n) is 5.63. The molecule has 3 aromatic carbocycles. The lowest BCUT2D eigenvalue weighted by Gasteiger charge is -2.36. The standard InChI is InChI=1S/C32H33F2N3O3/c1-3-40-31(38)30(25-8-5-4-6-9-25)35-18-16-24(17-19-35)23-12-14-26(15-13-23)37-21-20-36(32(37)39)22(2)27-10-7-11-28(33)29(27)34/h4-15,20-22,24,30H,3,16-19H2,1-2H3. The molecule has 0 amide bonds. The molecular formula is C32H33F2N3O3. The number of benzene rings is 3. The number of hydrogen-bond acceptors (Lipinski definition) is 4. The summed E-state index contributed by atoms with van der Waals surface area (Å²) in [5.74, 6) is -1.76. The highest BCUT2D eigenvalue weighted by molar-refractivity contribution is 5.77. The molecule has 2 unspecified atom stereocenters. The summed E-state index contributed by atoms with van der Waals surface area (Å²) in [6, 6.07) is 20.6. The minimum Gasteiger partial charge on any atom is -0.465 e. The Kier molecular flexibility index (Phi) is 8.26. The highest BCUT2D eigenvalue weighted by Gasteiger charge is 2.32. The summed E-state index contributed by atoms with van der Waals surface area (Å²) in [7, 11) is 0. The van der Waals surface area contributed by atoms with E-state index >= 15 is 0 Å². The van der Waals surface area contributed by atoms with E-state index in [1.807, 2.05) is 61.5 Å². The Morgan fingerprint density at radius 1 is 0.950 bits per heavy atom. The van der Waals surface area contributed by atoms with Crippen molar-refractivity contribution < 1.29 is 18.3 Å². The third-order valence-corrected chi connectivity index (χ3v) is 7.81. The van der Waals surface area contributed by atoms with Gasteiger partial charge in [-0.15, -0.1) is 0 Å². The SMILES string of the molecule is CCOC(=O)C(c1ccccc1)N1CCC(c2ccc(-n3ccn(C(C)c4cccc(F)c4F)c3=O)cc2)CC1. The van der Waals surface area contributed by atoms with E-state index in [4.69, 9.17) is 4.74 Å². The smallest absolute Gasteiger partial charge is 0.333 e. The van der Waals surface area contributed by atoms with Gasteiger partial charge in [0, 0.05) is 18.0 Å². The molecule has 208 valence electrons. The van der Waals surface area contributed by atoms with Crippen molar-refractivity contribution in [3.63, 3.8) is 0 Å². The third-order valence-electron chi connectivity index (χ3n) is 7.81. The molecule has 8 heteroatoms. The summed E-state index contributed by atoms with van der Waals surface area (Å²) in [6.45, 7) is 5.37. The summed E-state index contributed by atoms with van der Waals surface area (Å²) < 4.78 is 36.4. The molecule has 5 rings (SSSR count). The second-order valence-corrected chi connectivity index (χ2v) is 10.1. The van der Waals surface area contributed by atoms with Crippen LogP contribution in [0.2, 0.25) is 0 Å². The van der Waals surface area contributed by atoms with Crippen LogP contribution >= 0.6 is 0 Å². The van der Waals surface area contributed by atoms with Crippen molar-refractivity contribution in [3.8, 4) is 5.69 Å². The number of ether oxygens (including phenoxy) is 1. The number of nitrogens with zero attached hydrogens (tertiary/aromatic N) is 3. The summed E-state index contributed by atoms with van der Waals surface area (Å²) >= 11 is 0. The van der Waals surface area contributed by atoms with Crippen molar-refractivity contribution >= 4 is 5.97 Å². The lowest BCUT2D eigenvalue weighted by atomic mass is 9.88. The summed E-state index contributed by atoms with van der Waals surface area (Å²) in [4.78, 5) is 28.2. The average molecular weight is 546 g/mol. The fourth-order valence-corrected chi connectivity index (χ4v) is 5.63. The number of imidazole rings is 1. The van der Waals surface area contributed by atoms with Crippen LogP contribution in [-0.4, -0.2) is 39.7 Å². The molecule has 2 atom stereocenters. The van der Waals surface area contributed by atoms with Crippen LogP contribution < -0.4 is 5.69 Å². The van der Waals surface area contributed by atoms with Crippen molar-refractivity contribution in [2.24, 2.45) is 0 Å². The van der Waals surface area contributed by atoms with Gasteiger partial charge in [0.05, 0.1) is 18.3 Å². The molecule has 0 spiro atoms. The maximum atomic E-state index is 14.3. The minimum atomic E-state index is -0.942. The molecule has 0 saturated carbocycles. The minimum absolute atomic E-state index is 0.124. The van der Waals surface area contributed by atoms with Gasteiger partial charge < -0.3 is 4.74 Å². The fraction of sp³-hybridized carbons (Fsp3) is 0.312. The summed E-state index contributed by atoms with van der Waals surface area (Å²) in [6.07, 6.45) is 5.03. The number of piperidine rings is 1. The molecule has 0 bridgehead atoms. The quantitative estimate of drug-likeness (QED) is 0.255. The van der Waals surface area contributed by atoms with Crippen molar-refractivity contribution in [1.29, 1.82) is 0 Å². The van der Waals surface area contributed by atoms with Gasteiger partial charge in [-0.3, -0.25) is 14.0 Å². The molecule has 1 saturated heterocycles. The predicted octanol–water partition coefficient (Wildman–Crippen LogP) is 6.01. The molecule has 0 aliphatic carbocycles. The van der Waals surface area contributed by atoms with Gasteiger partial charge in [0.15, 0.2) is 11.6 Å². The number of carbonyl (C=O) groups is 1. The van der Waals surface area contributed by atoms with E-state index in [2.05, 4.69) is 4.90 Å². The number of esters is 1. The number of carbonyl (C=O) groups excluding carboxylic acids is 1. The van der Waals surface area contributed by atoms with E-state index in [0.29, 0.717) is 18.2 Å². The molecule has 4 aromatic rings. The first-order valence-electron chi connectivity index (χ1n) is 13.7. The number of halogens is 2. The maximum absolute atomic E-state index is 14.3. The lowest BCUT2D eigenvalue weighted by Crippen LogP contribution is -2.40. The first-order valence-corrected chi connectivity index (χ1v) is 13.7. The Morgan fingerprint density at radius 3 is 2.33 bits per heavy atom. The summed E-state index contributed by atoms with van der Waals surface area (Å²) in [5.41, 5.74) is 2.61. The lowest BCUT2D eigenvalue weighted by molar-refractivity contribution is -0.150. The van der Waals surface area contributed by atoms with Crippen molar-refractivity contribution in [2.45, 2.75) is 44.7 Å². The van der Waals surface area contributed by atoms with Crippen LogP contribution in [0.1, 0.15) is 61.4 Å². The highest BCUT2D eigenvalue weighted by Crippen LogP contribution is 2.33. The zero-order valence-electron chi connectivity index (χ0n) is 22.7. The topological polar surface area (TPSA) is 56.5 Å². The summed E-state index contributed by atoms with van der Waals surface area (Å²) in [5, 5.41) is 0. The normalized spacial score (nSPS) is 16.0. The molecule has 0 N–H and O–H groups in total. The number of likely N-dealkylation sites (tertiary alicyclic amines) is 1. The molecule has 1 aliphatic rings. The Bertz CT molecular complexity index is 1510. The Morgan fingerprint density at radius 2 is 1.65 bits per heavy atom. The number of hydrogen-bond donors (Lipinski definition) is 0. The van der Waals surface area contributed by atoms with Crippen LogP contribution in [-0.2, 0) is 9.53 Å². The zero-order chi connectivity index (χ0) is 28.2. The van der Waals surface area contributed by atoms with Crippen LogP contribution in [0.25, 0.3) is 5.69 Å². The van der Waals surface area contributed by atoms with Gasteiger partial charge in [0.2, 0.25) is 0 Å². The van der Waals surface area contributed by atoms with Crippen LogP contribution in [0.3, 0.4) is 0 Å². The molecule has 1 aromatic heterocycles. The Balaban J connectivity index is 1.28. The molecule has 1 aliphatic heterocycles. The monoisotopic (exact) mass is 545 g/mol. The van der Waals surface area contributed by atoms with E-state index in [1.54, 1.807) is 19.3 Å². The molecule has 1 fully saturated rings. The van der Waals surface area contributed by atoms with Crippen LogP contribution in [0.4, 0.5) is 8.78 Å². The van der Waals surface area contributed by atoms with Gasteiger partial charge >= 0.3 is 11.7 Å². The van der Waals surface area contributed by atoms with Gasteiger partial charge in [-0.05, 0) is 75.0 Å². The van der Waals surface area contributed by atoms with Crippen molar-refractivity contribution in [3.05, 3.63) is 124 Å². The number of aromatic nitrogens is 2. The first-order chi connectivity index (χ1) is 19.4. The van der Waals surface area contributed by atoms with E-state index in [1.165, 1.54) is 26.8 Å². The predicted molar refractivity (Wildman–Crippen MR) is 150 cm³/mol. The van der Waals surface area contributed by atoms with Gasteiger partial charge in [-0.2, -0.15) is 0 Å². The zero-order valence-corrected chi connectivity index (χ0v) is 22.7. The van der Waals surface area contributed by atoms with Gasteiger partial charge in [-0.1, -0.05) is 54.6 Å². The molecular weight excluding hydrogens is 512 g/mol. The highest BCUT2D eigenvalue weighted by atomic mass is 19.2. The third kappa shape index (κ3) is 5.49. The van der Waals surface area contributed by atoms with E-state index in [-0.39, 0.29) is 17.2 Å². The van der Waals surface area contributed by atoms with Crippen molar-refractivity contribution in [2.75, 3.05) is 19.7 Å². The van der Waals surface area contributed by atoms with E-state index < -0.39 is 23.7 Å². The second kappa shape index (κ2) is 12.0. The van der Waals surface area contributed by atoms with Gasteiger partial charge in [0.1, 0.15) is 6.04 Å². The Hall–Kier alpha value is -4.04.